The molecule has 146 valence electrons. The second-order valence-corrected chi connectivity index (χ2v) is 7.49. The molecule has 0 heterocycles. The van der Waals surface area contributed by atoms with Crippen LogP contribution < -0.4 is 5.32 Å². The molecule has 0 unspecified atom stereocenters. The van der Waals surface area contributed by atoms with Crippen molar-refractivity contribution >= 4 is 33.7 Å². The molecule has 0 saturated heterocycles. The number of benzene rings is 3. The Morgan fingerprint density at radius 1 is 1.03 bits per heavy atom. The molecule has 0 bridgehead atoms. The van der Waals surface area contributed by atoms with Crippen LogP contribution in [0.3, 0.4) is 0 Å². The van der Waals surface area contributed by atoms with Crippen LogP contribution in [0.1, 0.15) is 27.4 Å². The maximum Gasteiger partial charge on any atom is 0.411 e. The van der Waals surface area contributed by atoms with Gasteiger partial charge in [0.15, 0.2) is 5.82 Å². The Kier molecular flexibility index (Phi) is 5.07. The number of rotatable bonds is 4. The first-order valence-electron chi connectivity index (χ1n) is 8.80. The molecule has 1 aliphatic rings. The van der Waals surface area contributed by atoms with Crippen LogP contribution in [0.5, 0.6) is 0 Å². The van der Waals surface area contributed by atoms with Gasteiger partial charge in [-0.1, -0.05) is 64.5 Å². The quantitative estimate of drug-likeness (QED) is 0.532. The van der Waals surface area contributed by atoms with E-state index >= 15 is 0 Å². The molecule has 0 fully saturated rings. The first-order valence-corrected chi connectivity index (χ1v) is 9.59. The van der Waals surface area contributed by atoms with Crippen molar-refractivity contribution in [1.29, 1.82) is 0 Å². The second-order valence-electron chi connectivity index (χ2n) is 6.57. The highest BCUT2D eigenvalue weighted by Gasteiger charge is 2.29. The number of fused-ring (bicyclic) bond motifs is 3. The number of aromatic carboxylic acids is 1. The van der Waals surface area contributed by atoms with Crippen LogP contribution in [0.25, 0.3) is 11.1 Å². The SMILES string of the molecule is O=C(Nc1cc(Br)cc(C(=O)O)c1F)OCC1c2ccccc2-c2ccccc21. The van der Waals surface area contributed by atoms with Gasteiger partial charge in [-0.3, -0.25) is 5.32 Å². The van der Waals surface area contributed by atoms with E-state index in [0.29, 0.717) is 4.47 Å². The van der Waals surface area contributed by atoms with E-state index in [4.69, 9.17) is 9.84 Å². The van der Waals surface area contributed by atoms with E-state index in [9.17, 15) is 14.0 Å². The van der Waals surface area contributed by atoms with Crippen LogP contribution in [0.4, 0.5) is 14.9 Å². The number of ether oxygens (including phenoxy) is 1. The van der Waals surface area contributed by atoms with Gasteiger partial charge in [0.05, 0.1) is 11.3 Å². The van der Waals surface area contributed by atoms with Crippen molar-refractivity contribution in [2.75, 3.05) is 11.9 Å². The van der Waals surface area contributed by atoms with Crippen LogP contribution in [-0.2, 0) is 4.74 Å². The van der Waals surface area contributed by atoms with Gasteiger partial charge in [0.1, 0.15) is 6.61 Å². The van der Waals surface area contributed by atoms with Crippen molar-refractivity contribution in [1.82, 2.24) is 0 Å². The Balaban J connectivity index is 1.52. The molecule has 0 aromatic heterocycles. The maximum atomic E-state index is 14.3. The normalized spacial score (nSPS) is 12.2. The van der Waals surface area contributed by atoms with Crippen LogP contribution in [0.15, 0.2) is 65.1 Å². The summed E-state index contributed by atoms with van der Waals surface area (Å²) < 4.78 is 20.0. The third-order valence-corrected chi connectivity index (χ3v) is 5.31. The summed E-state index contributed by atoms with van der Waals surface area (Å²) in [7, 11) is 0. The molecule has 3 aromatic carbocycles. The summed E-state index contributed by atoms with van der Waals surface area (Å²) in [5, 5.41) is 11.4. The summed E-state index contributed by atoms with van der Waals surface area (Å²) in [6.45, 7) is 0.0707. The van der Waals surface area contributed by atoms with E-state index in [0.717, 1.165) is 28.3 Å². The molecule has 0 atom stereocenters. The highest BCUT2D eigenvalue weighted by atomic mass is 79.9. The third kappa shape index (κ3) is 3.61. The van der Waals surface area contributed by atoms with E-state index in [2.05, 4.69) is 21.2 Å². The zero-order chi connectivity index (χ0) is 20.5. The average molecular weight is 456 g/mol. The van der Waals surface area contributed by atoms with E-state index in [1.807, 2.05) is 48.5 Å². The maximum absolute atomic E-state index is 14.3. The summed E-state index contributed by atoms with van der Waals surface area (Å²) in [5.41, 5.74) is 3.50. The fraction of sp³-hybridized carbons (Fsp3) is 0.0909. The number of amides is 1. The molecular formula is C22H15BrFNO4. The Morgan fingerprint density at radius 2 is 1.62 bits per heavy atom. The summed E-state index contributed by atoms with van der Waals surface area (Å²) in [4.78, 5) is 23.4. The smallest absolute Gasteiger partial charge is 0.411 e. The number of carbonyl (C=O) groups excluding carboxylic acids is 1. The molecule has 3 aromatic rings. The summed E-state index contributed by atoms with van der Waals surface area (Å²) in [6.07, 6.45) is -0.861. The van der Waals surface area contributed by atoms with Crippen molar-refractivity contribution in [3.05, 3.63) is 87.6 Å². The number of hydrogen-bond acceptors (Lipinski definition) is 3. The highest BCUT2D eigenvalue weighted by Crippen LogP contribution is 2.44. The summed E-state index contributed by atoms with van der Waals surface area (Å²) in [6, 6.07) is 18.2. The molecule has 2 N–H and O–H groups in total. The van der Waals surface area contributed by atoms with Crippen molar-refractivity contribution in [3.8, 4) is 11.1 Å². The Hall–Kier alpha value is -3.19. The fourth-order valence-corrected chi connectivity index (χ4v) is 4.04. The number of nitrogens with one attached hydrogen (secondary N) is 1. The molecule has 1 amide bonds. The van der Waals surface area contributed by atoms with Crippen molar-refractivity contribution in [3.63, 3.8) is 0 Å². The molecule has 5 nitrogen and oxygen atoms in total. The molecular weight excluding hydrogens is 441 g/mol. The van der Waals surface area contributed by atoms with Crippen LogP contribution >= 0.6 is 15.9 Å². The van der Waals surface area contributed by atoms with Crippen LogP contribution in [-0.4, -0.2) is 23.8 Å². The first-order chi connectivity index (χ1) is 14.0. The molecule has 29 heavy (non-hydrogen) atoms. The summed E-state index contributed by atoms with van der Waals surface area (Å²) in [5.74, 6) is -2.59. The molecule has 1 aliphatic carbocycles. The number of carbonyl (C=O) groups is 2. The lowest BCUT2D eigenvalue weighted by Crippen LogP contribution is -2.19. The van der Waals surface area contributed by atoms with Gasteiger partial charge >= 0.3 is 12.1 Å². The number of carboxylic acid groups (broad SMARTS) is 1. The predicted octanol–water partition coefficient (Wildman–Crippen LogP) is 5.65. The zero-order valence-electron chi connectivity index (χ0n) is 15.0. The van der Waals surface area contributed by atoms with Crippen LogP contribution in [0.2, 0.25) is 0 Å². The fourth-order valence-electron chi connectivity index (χ4n) is 3.58. The van der Waals surface area contributed by atoms with Gasteiger partial charge in [-0.25, -0.2) is 14.0 Å². The molecule has 0 spiro atoms. The Bertz CT molecular complexity index is 1090. The summed E-state index contributed by atoms with van der Waals surface area (Å²) >= 11 is 3.11. The van der Waals surface area contributed by atoms with Crippen molar-refractivity contribution in [2.45, 2.75) is 5.92 Å². The lowest BCUT2D eigenvalue weighted by Gasteiger charge is -2.15. The standard InChI is InChI=1S/C22H15BrFNO4/c23-12-9-17(21(26)27)20(24)19(10-12)25-22(28)29-11-18-15-7-3-1-5-13(15)14-6-2-4-8-16(14)18/h1-10,18H,11H2,(H,25,28)(H,26,27). The van der Waals surface area contributed by atoms with Gasteiger partial charge in [0, 0.05) is 10.4 Å². The van der Waals surface area contributed by atoms with Crippen molar-refractivity contribution in [2.24, 2.45) is 0 Å². The molecule has 0 saturated carbocycles. The molecule has 0 aliphatic heterocycles. The molecule has 0 radical (unpaired) electrons. The van der Waals surface area contributed by atoms with E-state index in [-0.39, 0.29) is 18.2 Å². The van der Waals surface area contributed by atoms with E-state index in [1.54, 1.807) is 0 Å². The minimum atomic E-state index is -1.43. The number of hydrogen-bond donors (Lipinski definition) is 2. The van der Waals surface area contributed by atoms with Crippen molar-refractivity contribution < 1.29 is 23.8 Å². The predicted molar refractivity (Wildman–Crippen MR) is 110 cm³/mol. The molecule has 7 heteroatoms. The second kappa shape index (κ2) is 7.67. The lowest BCUT2D eigenvalue weighted by molar-refractivity contribution is 0.0691. The number of carboxylic acids is 1. The van der Waals surface area contributed by atoms with Gasteiger partial charge in [-0.15, -0.1) is 0 Å². The lowest BCUT2D eigenvalue weighted by atomic mass is 9.98. The largest absolute Gasteiger partial charge is 0.478 e. The van der Waals surface area contributed by atoms with Gasteiger partial charge in [0.2, 0.25) is 0 Å². The third-order valence-electron chi connectivity index (χ3n) is 4.85. The zero-order valence-corrected chi connectivity index (χ0v) is 16.6. The monoisotopic (exact) mass is 455 g/mol. The number of halogens is 2. The minimum absolute atomic E-state index is 0.0707. The van der Waals surface area contributed by atoms with E-state index < -0.39 is 23.4 Å². The highest BCUT2D eigenvalue weighted by molar-refractivity contribution is 9.10. The first kappa shape index (κ1) is 19.1. The number of anilines is 1. The molecule has 4 rings (SSSR count). The van der Waals surface area contributed by atoms with Crippen LogP contribution in [0, 0.1) is 5.82 Å². The van der Waals surface area contributed by atoms with E-state index in [1.165, 1.54) is 6.07 Å². The van der Waals surface area contributed by atoms with Gasteiger partial charge in [0.25, 0.3) is 0 Å². The topological polar surface area (TPSA) is 75.6 Å². The Labute approximate surface area is 174 Å². The average Bonchev–Trinajstić information content (AvgIpc) is 3.02. The van der Waals surface area contributed by atoms with Gasteiger partial charge in [-0.05, 0) is 34.4 Å². The van der Waals surface area contributed by atoms with Gasteiger partial charge in [-0.2, -0.15) is 0 Å². The minimum Gasteiger partial charge on any atom is -0.478 e. The Morgan fingerprint density at radius 3 is 2.21 bits per heavy atom. The van der Waals surface area contributed by atoms with Gasteiger partial charge < -0.3 is 9.84 Å².